The number of methoxy groups -OCH3 is 2. The summed E-state index contributed by atoms with van der Waals surface area (Å²) in [5, 5.41) is 0. The summed E-state index contributed by atoms with van der Waals surface area (Å²) in [5.41, 5.74) is 2.65. The van der Waals surface area contributed by atoms with Gasteiger partial charge in [0, 0.05) is 25.8 Å². The first-order valence-corrected chi connectivity index (χ1v) is 9.44. The van der Waals surface area contributed by atoms with Gasteiger partial charge in [0.15, 0.2) is 4.32 Å². The molecule has 0 aromatic heterocycles. The number of ether oxygens (including phenoxy) is 2. The maximum Gasteiger partial charge on any atom is 0.270 e. The molecule has 0 saturated carbocycles. The number of carbonyl (C=O) groups excluding carboxylic acids is 1. The number of carbonyl (C=O) groups is 1. The molecule has 0 N–H and O–H groups in total. The van der Waals surface area contributed by atoms with Crippen LogP contribution in [0.15, 0.2) is 47.4 Å². The topological polar surface area (TPSA) is 42.0 Å². The molecule has 3 rings (SSSR count). The molecule has 27 heavy (non-hydrogen) atoms. The number of thioether (sulfide) groups is 1. The van der Waals surface area contributed by atoms with E-state index in [-0.39, 0.29) is 5.91 Å². The number of hydrogen-bond donors (Lipinski definition) is 0. The number of hydrogen-bond acceptors (Lipinski definition) is 6. The SMILES string of the molecule is COc1ccc(N2C(=O)C(=Cc3ccc(N(C)C)cc3)SC2=S)c(OC)c1. The first kappa shape index (κ1) is 19.3. The molecule has 0 radical (unpaired) electrons. The molecule has 1 saturated heterocycles. The molecule has 1 fully saturated rings. The van der Waals surface area contributed by atoms with Crippen LogP contribution >= 0.6 is 24.0 Å². The Hall–Kier alpha value is -2.51. The van der Waals surface area contributed by atoms with E-state index >= 15 is 0 Å². The first-order chi connectivity index (χ1) is 12.9. The quantitative estimate of drug-likeness (QED) is 0.554. The van der Waals surface area contributed by atoms with Gasteiger partial charge in [0.25, 0.3) is 5.91 Å². The number of benzene rings is 2. The lowest BCUT2D eigenvalue weighted by Crippen LogP contribution is -2.27. The molecule has 1 aliphatic rings. The van der Waals surface area contributed by atoms with Crippen LogP contribution in [0.5, 0.6) is 11.5 Å². The highest BCUT2D eigenvalue weighted by molar-refractivity contribution is 8.27. The van der Waals surface area contributed by atoms with Crippen LogP contribution in [0.1, 0.15) is 5.56 Å². The van der Waals surface area contributed by atoms with E-state index in [1.165, 1.54) is 16.7 Å². The Labute approximate surface area is 168 Å². The monoisotopic (exact) mass is 400 g/mol. The number of anilines is 2. The van der Waals surface area contributed by atoms with Crippen LogP contribution in [0.2, 0.25) is 0 Å². The van der Waals surface area contributed by atoms with Crippen molar-refractivity contribution in [3.8, 4) is 11.5 Å². The van der Waals surface area contributed by atoms with Crippen molar-refractivity contribution in [2.75, 3.05) is 38.1 Å². The van der Waals surface area contributed by atoms with Crippen molar-refractivity contribution in [3.05, 3.63) is 52.9 Å². The Morgan fingerprint density at radius 2 is 1.78 bits per heavy atom. The number of amides is 1. The Kier molecular flexibility index (Phi) is 5.72. The molecule has 0 bridgehead atoms. The van der Waals surface area contributed by atoms with Gasteiger partial charge in [-0.1, -0.05) is 36.1 Å². The van der Waals surface area contributed by atoms with Gasteiger partial charge in [-0.05, 0) is 35.9 Å². The zero-order valence-electron chi connectivity index (χ0n) is 15.6. The van der Waals surface area contributed by atoms with Crippen molar-refractivity contribution in [3.63, 3.8) is 0 Å². The summed E-state index contributed by atoms with van der Waals surface area (Å²) in [7, 11) is 7.11. The number of nitrogens with zero attached hydrogens (tertiary/aromatic N) is 2. The molecule has 0 spiro atoms. The van der Waals surface area contributed by atoms with Crippen molar-refractivity contribution in [1.82, 2.24) is 0 Å². The van der Waals surface area contributed by atoms with Gasteiger partial charge in [-0.25, -0.2) is 0 Å². The van der Waals surface area contributed by atoms with Gasteiger partial charge < -0.3 is 14.4 Å². The van der Waals surface area contributed by atoms with Crippen LogP contribution in [-0.4, -0.2) is 38.5 Å². The third-order valence-corrected chi connectivity index (χ3v) is 5.43. The van der Waals surface area contributed by atoms with Crippen LogP contribution in [0.4, 0.5) is 11.4 Å². The molecule has 140 valence electrons. The molecule has 1 heterocycles. The molecule has 5 nitrogen and oxygen atoms in total. The molecule has 0 aliphatic carbocycles. The number of thiocarbonyl (C=S) groups is 1. The molecular formula is C20H20N2O3S2. The zero-order valence-corrected chi connectivity index (χ0v) is 17.2. The molecule has 1 amide bonds. The minimum absolute atomic E-state index is 0.162. The van der Waals surface area contributed by atoms with Crippen molar-refractivity contribution < 1.29 is 14.3 Å². The second kappa shape index (κ2) is 8.02. The number of rotatable bonds is 5. The van der Waals surface area contributed by atoms with Gasteiger partial charge in [0.2, 0.25) is 0 Å². The standard InChI is InChI=1S/C20H20N2O3S2/c1-21(2)14-7-5-13(6-8-14)11-18-19(23)22(20(26)27-18)16-10-9-15(24-3)12-17(16)25-4/h5-12H,1-4H3. The van der Waals surface area contributed by atoms with Gasteiger partial charge >= 0.3 is 0 Å². The lowest BCUT2D eigenvalue weighted by molar-refractivity contribution is -0.113. The van der Waals surface area contributed by atoms with E-state index in [1.807, 2.05) is 49.3 Å². The zero-order chi connectivity index (χ0) is 19.6. The Morgan fingerprint density at radius 1 is 1.07 bits per heavy atom. The van der Waals surface area contributed by atoms with Gasteiger partial charge in [0.1, 0.15) is 11.5 Å². The van der Waals surface area contributed by atoms with Crippen LogP contribution in [-0.2, 0) is 4.79 Å². The van der Waals surface area contributed by atoms with Crippen molar-refractivity contribution in [2.45, 2.75) is 0 Å². The van der Waals surface area contributed by atoms with E-state index in [4.69, 9.17) is 21.7 Å². The normalized spacial score (nSPS) is 15.4. The second-order valence-electron chi connectivity index (χ2n) is 6.04. The molecule has 2 aromatic rings. The third kappa shape index (κ3) is 3.94. The average molecular weight is 401 g/mol. The van der Waals surface area contributed by atoms with E-state index in [0.29, 0.717) is 26.4 Å². The fourth-order valence-electron chi connectivity index (χ4n) is 2.67. The summed E-state index contributed by atoms with van der Waals surface area (Å²) in [4.78, 5) is 17.1. The summed E-state index contributed by atoms with van der Waals surface area (Å²) < 4.78 is 11.1. The largest absolute Gasteiger partial charge is 0.497 e. The average Bonchev–Trinajstić information content (AvgIpc) is 2.94. The second-order valence-corrected chi connectivity index (χ2v) is 7.72. The summed E-state index contributed by atoms with van der Waals surface area (Å²) in [5.74, 6) is 1.02. The lowest BCUT2D eigenvalue weighted by Gasteiger charge is -2.18. The van der Waals surface area contributed by atoms with E-state index < -0.39 is 0 Å². The van der Waals surface area contributed by atoms with Gasteiger partial charge in [-0.15, -0.1) is 0 Å². The maximum absolute atomic E-state index is 13.0. The van der Waals surface area contributed by atoms with E-state index in [1.54, 1.807) is 32.4 Å². The summed E-state index contributed by atoms with van der Waals surface area (Å²) in [6.45, 7) is 0. The first-order valence-electron chi connectivity index (χ1n) is 8.22. The lowest BCUT2D eigenvalue weighted by atomic mass is 10.2. The highest BCUT2D eigenvalue weighted by atomic mass is 32.2. The Morgan fingerprint density at radius 3 is 2.37 bits per heavy atom. The van der Waals surface area contributed by atoms with E-state index in [2.05, 4.69) is 0 Å². The molecule has 0 atom stereocenters. The van der Waals surface area contributed by atoms with Gasteiger partial charge in [-0.3, -0.25) is 9.69 Å². The van der Waals surface area contributed by atoms with Crippen LogP contribution in [0.3, 0.4) is 0 Å². The summed E-state index contributed by atoms with van der Waals surface area (Å²) in [6, 6.07) is 13.3. The van der Waals surface area contributed by atoms with Crippen molar-refractivity contribution >= 4 is 51.7 Å². The Bertz CT molecular complexity index is 908. The Balaban J connectivity index is 1.91. The minimum atomic E-state index is -0.162. The fourth-order valence-corrected chi connectivity index (χ4v) is 3.95. The minimum Gasteiger partial charge on any atom is -0.497 e. The van der Waals surface area contributed by atoms with E-state index in [0.717, 1.165) is 11.3 Å². The van der Waals surface area contributed by atoms with Crippen LogP contribution in [0.25, 0.3) is 6.08 Å². The van der Waals surface area contributed by atoms with Gasteiger partial charge in [0.05, 0.1) is 24.8 Å². The molecule has 1 aliphatic heterocycles. The smallest absolute Gasteiger partial charge is 0.270 e. The van der Waals surface area contributed by atoms with Gasteiger partial charge in [-0.2, -0.15) is 0 Å². The van der Waals surface area contributed by atoms with Crippen LogP contribution < -0.4 is 19.3 Å². The summed E-state index contributed by atoms with van der Waals surface area (Å²) in [6.07, 6.45) is 1.86. The predicted octanol–water partition coefficient (Wildman–Crippen LogP) is 4.18. The van der Waals surface area contributed by atoms with Crippen molar-refractivity contribution in [2.24, 2.45) is 0 Å². The maximum atomic E-state index is 13.0. The molecular weight excluding hydrogens is 380 g/mol. The molecule has 0 unspecified atom stereocenters. The van der Waals surface area contributed by atoms with Crippen molar-refractivity contribution in [1.29, 1.82) is 0 Å². The van der Waals surface area contributed by atoms with E-state index in [9.17, 15) is 4.79 Å². The fraction of sp³-hybridized carbons (Fsp3) is 0.200. The molecule has 7 heteroatoms. The predicted molar refractivity (Wildman–Crippen MR) is 116 cm³/mol. The molecule has 2 aromatic carbocycles. The highest BCUT2D eigenvalue weighted by Crippen LogP contribution is 2.41. The third-order valence-electron chi connectivity index (χ3n) is 4.13. The van der Waals surface area contributed by atoms with Crippen LogP contribution in [0, 0.1) is 0 Å². The summed E-state index contributed by atoms with van der Waals surface area (Å²) >= 11 is 6.73. The highest BCUT2D eigenvalue weighted by Gasteiger charge is 2.35.